The third-order valence-electron chi connectivity index (χ3n) is 2.58. The molecule has 1 fully saturated rings. The average molecular weight is 230 g/mol. The predicted octanol–water partition coefficient (Wildman–Crippen LogP) is 0.797. The van der Waals surface area contributed by atoms with Gasteiger partial charge >= 0.3 is 0 Å². The topological polar surface area (TPSA) is 69.5 Å². The number of hydrogen-bond acceptors (Lipinski definition) is 5. The average Bonchev–Trinajstić information content (AvgIpc) is 2.69. The first-order chi connectivity index (χ1) is 7.22. The fourth-order valence-corrected chi connectivity index (χ4v) is 1.99. The number of aromatic hydroxyl groups is 1. The summed E-state index contributed by atoms with van der Waals surface area (Å²) in [6, 6.07) is 0.0156. The molecule has 2 rings (SSSR count). The van der Waals surface area contributed by atoms with Crippen LogP contribution < -0.4 is 4.90 Å². The lowest BCUT2D eigenvalue weighted by Gasteiger charge is -2.24. The number of nitrogens with zero attached hydrogens (tertiary/aromatic N) is 3. The van der Waals surface area contributed by atoms with Gasteiger partial charge in [0.15, 0.2) is 11.6 Å². The summed E-state index contributed by atoms with van der Waals surface area (Å²) in [6.45, 7) is 0.827. The molecule has 82 valence electrons. The van der Waals surface area contributed by atoms with Crippen LogP contribution in [0.1, 0.15) is 12.8 Å². The molecule has 1 atom stereocenters. The summed E-state index contributed by atoms with van der Waals surface area (Å²) in [6.07, 6.45) is 3.15. The van der Waals surface area contributed by atoms with Crippen molar-refractivity contribution in [3.05, 3.63) is 11.5 Å². The monoisotopic (exact) mass is 229 g/mol. The van der Waals surface area contributed by atoms with Crippen molar-refractivity contribution in [2.24, 2.45) is 0 Å². The first kappa shape index (κ1) is 10.4. The zero-order chi connectivity index (χ0) is 10.8. The minimum Gasteiger partial charge on any atom is -0.503 e. The largest absolute Gasteiger partial charge is 0.503 e. The molecule has 0 unspecified atom stereocenters. The Morgan fingerprint density at radius 2 is 2.40 bits per heavy atom. The molecule has 0 amide bonds. The van der Waals surface area contributed by atoms with E-state index >= 15 is 0 Å². The molecular weight excluding hydrogens is 218 g/mol. The van der Waals surface area contributed by atoms with Gasteiger partial charge in [-0.2, -0.15) is 4.98 Å². The summed E-state index contributed by atoms with van der Waals surface area (Å²) in [5.74, 6) is 0.409. The Labute approximate surface area is 92.3 Å². The van der Waals surface area contributed by atoms with E-state index in [-0.39, 0.29) is 23.7 Å². The van der Waals surface area contributed by atoms with Crippen LogP contribution in [0.5, 0.6) is 5.75 Å². The first-order valence-corrected chi connectivity index (χ1v) is 5.19. The fourth-order valence-electron chi connectivity index (χ4n) is 1.86. The van der Waals surface area contributed by atoms with E-state index in [2.05, 4.69) is 9.97 Å². The Morgan fingerprint density at radius 1 is 1.60 bits per heavy atom. The maximum atomic E-state index is 9.60. The van der Waals surface area contributed by atoms with Crippen LogP contribution in [0.4, 0.5) is 5.82 Å². The van der Waals surface area contributed by atoms with Gasteiger partial charge in [-0.15, -0.1) is 0 Å². The molecule has 0 aliphatic carbocycles. The smallest absolute Gasteiger partial charge is 0.224 e. The van der Waals surface area contributed by atoms with Gasteiger partial charge in [0.2, 0.25) is 5.28 Å². The molecule has 1 aromatic heterocycles. The van der Waals surface area contributed by atoms with Gasteiger partial charge in [0.25, 0.3) is 0 Å². The van der Waals surface area contributed by atoms with Gasteiger partial charge in [0, 0.05) is 6.54 Å². The van der Waals surface area contributed by atoms with Gasteiger partial charge in [0.05, 0.1) is 18.8 Å². The maximum absolute atomic E-state index is 9.60. The van der Waals surface area contributed by atoms with E-state index in [0.29, 0.717) is 5.82 Å². The van der Waals surface area contributed by atoms with Crippen molar-refractivity contribution >= 4 is 17.4 Å². The lowest BCUT2D eigenvalue weighted by molar-refractivity contribution is 0.265. The molecule has 1 aliphatic heterocycles. The molecule has 0 radical (unpaired) electrons. The minimum atomic E-state index is -0.000231. The van der Waals surface area contributed by atoms with E-state index in [4.69, 9.17) is 16.7 Å². The molecule has 0 bridgehead atoms. The number of halogens is 1. The molecule has 2 N–H and O–H groups in total. The highest BCUT2D eigenvalue weighted by atomic mass is 35.5. The molecule has 0 spiro atoms. The number of aromatic nitrogens is 2. The van der Waals surface area contributed by atoms with Crippen LogP contribution in [0.15, 0.2) is 6.20 Å². The van der Waals surface area contributed by atoms with Gasteiger partial charge in [-0.25, -0.2) is 4.98 Å². The summed E-state index contributed by atoms with van der Waals surface area (Å²) < 4.78 is 0. The van der Waals surface area contributed by atoms with Gasteiger partial charge in [-0.1, -0.05) is 0 Å². The van der Waals surface area contributed by atoms with E-state index in [1.165, 1.54) is 6.20 Å². The fraction of sp³-hybridized carbons (Fsp3) is 0.556. The van der Waals surface area contributed by atoms with Gasteiger partial charge < -0.3 is 15.1 Å². The van der Waals surface area contributed by atoms with Crippen LogP contribution >= 0.6 is 11.6 Å². The second kappa shape index (κ2) is 4.20. The van der Waals surface area contributed by atoms with Crippen molar-refractivity contribution in [3.8, 4) is 5.75 Å². The maximum Gasteiger partial charge on any atom is 0.224 e. The quantitative estimate of drug-likeness (QED) is 0.734. The Morgan fingerprint density at radius 3 is 3.13 bits per heavy atom. The van der Waals surface area contributed by atoms with E-state index in [9.17, 15) is 5.11 Å². The van der Waals surface area contributed by atoms with Crippen LogP contribution in [0.25, 0.3) is 0 Å². The van der Waals surface area contributed by atoms with Crippen molar-refractivity contribution in [1.82, 2.24) is 9.97 Å². The molecular formula is C9H12ClN3O2. The molecule has 1 aliphatic rings. The van der Waals surface area contributed by atoms with Gasteiger partial charge in [-0.3, -0.25) is 0 Å². The summed E-state index contributed by atoms with van der Waals surface area (Å²) in [5, 5.41) is 18.9. The summed E-state index contributed by atoms with van der Waals surface area (Å²) in [4.78, 5) is 9.51. The number of anilines is 1. The molecule has 0 saturated carbocycles. The van der Waals surface area contributed by atoms with Crippen molar-refractivity contribution in [1.29, 1.82) is 0 Å². The van der Waals surface area contributed by atoms with Crippen LogP contribution in [0.2, 0.25) is 5.28 Å². The minimum absolute atomic E-state index is 0.000231. The Bertz CT molecular complexity index is 361. The zero-order valence-electron chi connectivity index (χ0n) is 8.10. The Balaban J connectivity index is 2.31. The van der Waals surface area contributed by atoms with Crippen molar-refractivity contribution in [3.63, 3.8) is 0 Å². The molecule has 0 aromatic carbocycles. The lowest BCUT2D eigenvalue weighted by atomic mass is 10.2. The van der Waals surface area contributed by atoms with Crippen molar-refractivity contribution in [2.75, 3.05) is 18.1 Å². The molecule has 1 saturated heterocycles. The number of aliphatic hydroxyl groups is 1. The SMILES string of the molecule is OC[C@@H]1CCCN1c1nc(Cl)ncc1O. The Hall–Kier alpha value is -1.07. The number of hydrogen-bond donors (Lipinski definition) is 2. The van der Waals surface area contributed by atoms with Crippen LogP contribution in [-0.4, -0.2) is 39.4 Å². The van der Waals surface area contributed by atoms with Gasteiger partial charge in [0.1, 0.15) is 0 Å². The molecule has 15 heavy (non-hydrogen) atoms. The predicted molar refractivity (Wildman–Crippen MR) is 56.2 cm³/mol. The van der Waals surface area contributed by atoms with E-state index in [1.807, 2.05) is 4.90 Å². The van der Waals surface area contributed by atoms with Crippen LogP contribution in [0.3, 0.4) is 0 Å². The Kier molecular flexibility index (Phi) is 2.93. The summed E-state index contributed by atoms with van der Waals surface area (Å²) in [5.41, 5.74) is 0. The standard InChI is InChI=1S/C9H12ClN3O2/c10-9-11-4-7(15)8(12-9)13-3-1-2-6(13)5-14/h4,6,14-15H,1-3,5H2/t6-/m0/s1. The third-order valence-corrected chi connectivity index (χ3v) is 2.76. The second-order valence-corrected chi connectivity index (χ2v) is 3.86. The van der Waals surface area contributed by atoms with Crippen LogP contribution in [-0.2, 0) is 0 Å². The first-order valence-electron chi connectivity index (χ1n) is 4.81. The summed E-state index contributed by atoms with van der Waals surface area (Å²) >= 11 is 5.66. The highest BCUT2D eigenvalue weighted by molar-refractivity contribution is 6.28. The third kappa shape index (κ3) is 1.98. The lowest BCUT2D eigenvalue weighted by Crippen LogP contribution is -2.32. The molecule has 5 nitrogen and oxygen atoms in total. The zero-order valence-corrected chi connectivity index (χ0v) is 8.85. The highest BCUT2D eigenvalue weighted by Crippen LogP contribution is 2.30. The second-order valence-electron chi connectivity index (χ2n) is 3.52. The van der Waals surface area contributed by atoms with Crippen LogP contribution in [0, 0.1) is 0 Å². The van der Waals surface area contributed by atoms with E-state index in [1.54, 1.807) is 0 Å². The molecule has 2 heterocycles. The number of aliphatic hydroxyl groups excluding tert-OH is 1. The molecule has 6 heteroatoms. The van der Waals surface area contributed by atoms with Gasteiger partial charge in [-0.05, 0) is 24.4 Å². The van der Waals surface area contributed by atoms with E-state index in [0.717, 1.165) is 19.4 Å². The van der Waals surface area contributed by atoms with Crippen molar-refractivity contribution in [2.45, 2.75) is 18.9 Å². The summed E-state index contributed by atoms with van der Waals surface area (Å²) in [7, 11) is 0. The normalized spacial score (nSPS) is 20.9. The number of rotatable bonds is 2. The highest BCUT2D eigenvalue weighted by Gasteiger charge is 2.27. The molecule has 1 aromatic rings. The van der Waals surface area contributed by atoms with E-state index < -0.39 is 0 Å². The van der Waals surface area contributed by atoms with Crippen molar-refractivity contribution < 1.29 is 10.2 Å².